The van der Waals surface area contributed by atoms with Crippen LogP contribution >= 0.6 is 11.3 Å². The highest BCUT2D eigenvalue weighted by Gasteiger charge is 2.24. The largest absolute Gasteiger partial charge is 0.383 e. The van der Waals surface area contributed by atoms with Crippen molar-refractivity contribution in [3.8, 4) is 11.4 Å². The number of nitrogens with zero attached hydrogens (tertiary/aromatic N) is 3. The molecule has 136 valence electrons. The lowest BCUT2D eigenvalue weighted by Gasteiger charge is -2.19. The Labute approximate surface area is 157 Å². The van der Waals surface area contributed by atoms with Crippen LogP contribution in [0.1, 0.15) is 30.7 Å². The van der Waals surface area contributed by atoms with Crippen LogP contribution in [-0.2, 0) is 17.6 Å². The molecule has 1 N–H and O–H groups in total. The number of anilines is 1. The van der Waals surface area contributed by atoms with Gasteiger partial charge in [-0.3, -0.25) is 4.98 Å². The van der Waals surface area contributed by atoms with Gasteiger partial charge < -0.3 is 10.1 Å². The standard InChI is InChI=1S/C20H24N4OS/c1-12-6-7-15-16(9-12)26-20-17(15)19(22-13(2)11-25-3)23-18(24-20)14-5-4-8-21-10-14/h4-5,8,10,12-13H,6-7,9,11H2,1-3H3,(H,22,23,24)/t12-,13-/m0/s1. The molecule has 0 amide bonds. The van der Waals surface area contributed by atoms with E-state index < -0.39 is 0 Å². The van der Waals surface area contributed by atoms with Crippen LogP contribution in [0.3, 0.4) is 0 Å². The summed E-state index contributed by atoms with van der Waals surface area (Å²) in [4.78, 5) is 16.5. The smallest absolute Gasteiger partial charge is 0.164 e. The third-order valence-corrected chi connectivity index (χ3v) is 6.02. The van der Waals surface area contributed by atoms with Gasteiger partial charge in [0.1, 0.15) is 10.6 Å². The molecule has 3 aromatic rings. The van der Waals surface area contributed by atoms with Crippen molar-refractivity contribution in [2.75, 3.05) is 19.0 Å². The highest BCUT2D eigenvalue weighted by Crippen LogP contribution is 2.41. The van der Waals surface area contributed by atoms with Gasteiger partial charge in [-0.25, -0.2) is 9.97 Å². The van der Waals surface area contributed by atoms with Crippen molar-refractivity contribution in [3.05, 3.63) is 35.0 Å². The molecule has 3 heterocycles. The zero-order valence-corrected chi connectivity index (χ0v) is 16.3. The van der Waals surface area contributed by atoms with Crippen molar-refractivity contribution in [3.63, 3.8) is 0 Å². The lowest BCUT2D eigenvalue weighted by atomic mass is 9.89. The van der Waals surface area contributed by atoms with Gasteiger partial charge in [0, 0.05) is 36.0 Å². The summed E-state index contributed by atoms with van der Waals surface area (Å²) in [6, 6.07) is 4.11. The number of hydrogen-bond acceptors (Lipinski definition) is 6. The highest BCUT2D eigenvalue weighted by atomic mass is 32.1. The number of thiophene rings is 1. The van der Waals surface area contributed by atoms with Crippen LogP contribution in [0, 0.1) is 5.92 Å². The first-order valence-corrected chi connectivity index (χ1v) is 9.95. The minimum atomic E-state index is 0.179. The number of pyridine rings is 1. The number of rotatable bonds is 5. The molecule has 0 radical (unpaired) electrons. The van der Waals surface area contributed by atoms with Crippen LogP contribution in [0.15, 0.2) is 24.5 Å². The molecule has 0 bridgehead atoms. The van der Waals surface area contributed by atoms with Crippen molar-refractivity contribution in [1.82, 2.24) is 15.0 Å². The molecule has 0 aliphatic heterocycles. The molecule has 0 spiro atoms. The third kappa shape index (κ3) is 3.31. The molecule has 4 rings (SSSR count). The van der Waals surface area contributed by atoms with E-state index in [9.17, 15) is 0 Å². The van der Waals surface area contributed by atoms with Gasteiger partial charge >= 0.3 is 0 Å². The van der Waals surface area contributed by atoms with E-state index in [0.29, 0.717) is 6.61 Å². The van der Waals surface area contributed by atoms with E-state index in [-0.39, 0.29) is 6.04 Å². The van der Waals surface area contributed by atoms with Gasteiger partial charge in [0.25, 0.3) is 0 Å². The second-order valence-electron chi connectivity index (χ2n) is 7.17. The Kier molecular flexibility index (Phi) is 4.87. The van der Waals surface area contributed by atoms with E-state index in [1.807, 2.05) is 29.7 Å². The number of methoxy groups -OCH3 is 1. The van der Waals surface area contributed by atoms with Gasteiger partial charge in [0.05, 0.1) is 12.0 Å². The first-order chi connectivity index (χ1) is 12.7. The Morgan fingerprint density at radius 3 is 3.04 bits per heavy atom. The van der Waals surface area contributed by atoms with Gasteiger partial charge in [-0.05, 0) is 49.8 Å². The molecule has 26 heavy (non-hydrogen) atoms. The predicted molar refractivity (Wildman–Crippen MR) is 107 cm³/mol. The minimum absolute atomic E-state index is 0.179. The third-order valence-electron chi connectivity index (χ3n) is 4.87. The minimum Gasteiger partial charge on any atom is -0.383 e. The van der Waals surface area contributed by atoms with Crippen molar-refractivity contribution in [2.45, 2.75) is 39.2 Å². The molecule has 0 saturated carbocycles. The molecule has 0 fully saturated rings. The molecular formula is C20H24N4OS. The number of nitrogens with one attached hydrogen (secondary N) is 1. The summed E-state index contributed by atoms with van der Waals surface area (Å²) >= 11 is 1.82. The summed E-state index contributed by atoms with van der Waals surface area (Å²) < 4.78 is 5.30. The Morgan fingerprint density at radius 1 is 1.38 bits per heavy atom. The molecule has 1 aliphatic carbocycles. The monoisotopic (exact) mass is 368 g/mol. The van der Waals surface area contributed by atoms with Gasteiger partial charge in [0.15, 0.2) is 5.82 Å². The first-order valence-electron chi connectivity index (χ1n) is 9.14. The second kappa shape index (κ2) is 7.29. The topological polar surface area (TPSA) is 59.9 Å². The molecule has 3 aromatic heterocycles. The number of aromatic nitrogens is 3. The van der Waals surface area contributed by atoms with Crippen molar-refractivity contribution >= 4 is 27.4 Å². The van der Waals surface area contributed by atoms with E-state index in [1.165, 1.54) is 22.2 Å². The van der Waals surface area contributed by atoms with Gasteiger partial charge in [-0.1, -0.05) is 6.92 Å². The maximum atomic E-state index is 5.30. The summed E-state index contributed by atoms with van der Waals surface area (Å²) in [5, 5.41) is 4.75. The van der Waals surface area contributed by atoms with E-state index in [0.717, 1.165) is 40.8 Å². The lowest BCUT2D eigenvalue weighted by molar-refractivity contribution is 0.190. The molecule has 6 heteroatoms. The summed E-state index contributed by atoms with van der Waals surface area (Å²) in [5.41, 5.74) is 2.38. The maximum Gasteiger partial charge on any atom is 0.164 e. The van der Waals surface area contributed by atoms with Crippen LogP contribution in [-0.4, -0.2) is 34.7 Å². The number of hydrogen-bond donors (Lipinski definition) is 1. The molecule has 2 atom stereocenters. The fourth-order valence-electron chi connectivity index (χ4n) is 3.60. The molecule has 1 aliphatic rings. The van der Waals surface area contributed by atoms with Crippen LogP contribution in [0.2, 0.25) is 0 Å². The van der Waals surface area contributed by atoms with E-state index in [4.69, 9.17) is 14.7 Å². The van der Waals surface area contributed by atoms with E-state index >= 15 is 0 Å². The fraction of sp³-hybridized carbons (Fsp3) is 0.450. The zero-order chi connectivity index (χ0) is 18.1. The zero-order valence-electron chi connectivity index (χ0n) is 15.5. The fourth-order valence-corrected chi connectivity index (χ4v) is 4.98. The normalized spacial score (nSPS) is 17.9. The van der Waals surface area contributed by atoms with Gasteiger partial charge in [-0.2, -0.15) is 0 Å². The van der Waals surface area contributed by atoms with Crippen LogP contribution < -0.4 is 5.32 Å². The lowest BCUT2D eigenvalue weighted by Crippen LogP contribution is -2.22. The summed E-state index contributed by atoms with van der Waals surface area (Å²) in [7, 11) is 1.72. The molecule has 0 aromatic carbocycles. The molecule has 0 saturated heterocycles. The van der Waals surface area contributed by atoms with E-state index in [1.54, 1.807) is 13.3 Å². The van der Waals surface area contributed by atoms with Crippen molar-refractivity contribution in [2.24, 2.45) is 5.92 Å². The Morgan fingerprint density at radius 2 is 2.27 bits per heavy atom. The van der Waals surface area contributed by atoms with Crippen LogP contribution in [0.4, 0.5) is 5.82 Å². The van der Waals surface area contributed by atoms with Crippen molar-refractivity contribution < 1.29 is 4.74 Å². The molecule has 5 nitrogen and oxygen atoms in total. The van der Waals surface area contributed by atoms with Gasteiger partial charge in [0.2, 0.25) is 0 Å². The number of fused-ring (bicyclic) bond motifs is 3. The summed E-state index contributed by atoms with van der Waals surface area (Å²) in [5.74, 6) is 2.39. The number of aryl methyl sites for hydroxylation is 1. The predicted octanol–water partition coefficient (Wildman–Crippen LogP) is 4.32. The number of ether oxygens (including phenoxy) is 1. The van der Waals surface area contributed by atoms with E-state index in [2.05, 4.69) is 24.1 Å². The molecule has 0 unspecified atom stereocenters. The Balaban J connectivity index is 1.86. The average molecular weight is 369 g/mol. The summed E-state index contributed by atoms with van der Waals surface area (Å²) in [6.45, 7) is 5.08. The maximum absolute atomic E-state index is 5.30. The first kappa shape index (κ1) is 17.4. The average Bonchev–Trinajstić information content (AvgIpc) is 3.00. The SMILES string of the molecule is COC[C@H](C)Nc1nc(-c2cccnc2)nc2sc3c(c12)CC[C@H](C)C3. The molecular weight excluding hydrogens is 344 g/mol. The Hall–Kier alpha value is -2.05. The quantitative estimate of drug-likeness (QED) is 0.726. The second-order valence-corrected chi connectivity index (χ2v) is 8.25. The summed E-state index contributed by atoms with van der Waals surface area (Å²) in [6.07, 6.45) is 7.08. The van der Waals surface area contributed by atoms with Gasteiger partial charge in [-0.15, -0.1) is 11.3 Å². The highest BCUT2D eigenvalue weighted by molar-refractivity contribution is 7.19. The van der Waals surface area contributed by atoms with Crippen LogP contribution in [0.5, 0.6) is 0 Å². The van der Waals surface area contributed by atoms with Crippen molar-refractivity contribution in [1.29, 1.82) is 0 Å². The Bertz CT molecular complexity index is 909. The van der Waals surface area contributed by atoms with Crippen LogP contribution in [0.25, 0.3) is 21.6 Å².